The Morgan fingerprint density at radius 1 is 0.756 bits per heavy atom. The van der Waals surface area contributed by atoms with Gasteiger partial charge in [0.1, 0.15) is 0 Å². The number of methoxy groups -OCH3 is 1. The van der Waals surface area contributed by atoms with Gasteiger partial charge in [-0.3, -0.25) is 4.79 Å². The van der Waals surface area contributed by atoms with E-state index in [1.165, 1.54) is 39.0 Å². The van der Waals surface area contributed by atoms with E-state index in [2.05, 4.69) is 67.0 Å². The van der Waals surface area contributed by atoms with Gasteiger partial charge in [-0.1, -0.05) is 88.7 Å². The number of aliphatic hydroxyl groups excluding tert-OH is 1. The van der Waals surface area contributed by atoms with E-state index in [-0.39, 0.29) is 6.61 Å². The zero-order valence-electron chi connectivity index (χ0n) is 27.6. The van der Waals surface area contributed by atoms with Crippen molar-refractivity contribution in [3.05, 3.63) is 145 Å². The molecule has 0 amide bonds. The smallest absolute Gasteiger partial charge is 0.163 e. The lowest BCUT2D eigenvalue weighted by atomic mass is 9.91. The Morgan fingerprint density at radius 2 is 1.33 bits per heavy atom. The van der Waals surface area contributed by atoms with E-state index < -0.39 is 5.79 Å². The van der Waals surface area contributed by atoms with Gasteiger partial charge in [-0.2, -0.15) is 0 Å². The largest absolute Gasteiger partial charge is 0.392 e. The van der Waals surface area contributed by atoms with Gasteiger partial charge in [0.25, 0.3) is 0 Å². The second-order valence-corrected chi connectivity index (χ2v) is 13.0. The van der Waals surface area contributed by atoms with Gasteiger partial charge in [0, 0.05) is 23.6 Å². The normalized spacial score (nSPS) is 13.3. The Bertz CT molecular complexity index is 1700. The number of carbonyl (C=O) groups excluding carboxylic acids is 1. The summed E-state index contributed by atoms with van der Waals surface area (Å²) in [5.74, 6) is -0.207. The van der Waals surface area contributed by atoms with Crippen LogP contribution in [-0.2, 0) is 35.5 Å². The molecule has 1 N–H and O–H groups in total. The van der Waals surface area contributed by atoms with Crippen LogP contribution in [-0.4, -0.2) is 23.8 Å². The van der Waals surface area contributed by atoms with Crippen molar-refractivity contribution in [2.24, 2.45) is 0 Å². The number of benzene rings is 4. The number of ether oxygens (including phenoxy) is 2. The third-order valence-corrected chi connectivity index (χ3v) is 9.45. The van der Waals surface area contributed by atoms with E-state index in [9.17, 15) is 9.90 Å². The number of halogens is 1. The molecule has 4 aromatic rings. The van der Waals surface area contributed by atoms with Crippen molar-refractivity contribution < 1.29 is 19.4 Å². The van der Waals surface area contributed by atoms with Crippen LogP contribution in [0.4, 0.5) is 0 Å². The average Bonchev–Trinajstić information content (AvgIpc) is 3.67. The number of hydrogen-bond donors (Lipinski definition) is 1. The first-order valence-electron chi connectivity index (χ1n) is 15.5. The average molecular weight is 670 g/mol. The van der Waals surface area contributed by atoms with Gasteiger partial charge in [-0.15, -0.1) is 0 Å². The number of fused-ring (bicyclic) bond motifs is 2. The maximum Gasteiger partial charge on any atom is 0.163 e. The predicted octanol–water partition coefficient (Wildman–Crippen LogP) is 9.56. The molecule has 0 spiro atoms. The quantitative estimate of drug-likeness (QED) is 0.208. The summed E-state index contributed by atoms with van der Waals surface area (Å²) < 4.78 is 11.8. The van der Waals surface area contributed by atoms with Crippen LogP contribution >= 0.6 is 15.9 Å². The van der Waals surface area contributed by atoms with Gasteiger partial charge in [0.15, 0.2) is 11.6 Å². The zero-order chi connectivity index (χ0) is 32.7. The van der Waals surface area contributed by atoms with Gasteiger partial charge >= 0.3 is 0 Å². The van der Waals surface area contributed by atoms with Crippen LogP contribution in [0.2, 0.25) is 0 Å². The minimum absolute atomic E-state index is 0.0910. The van der Waals surface area contributed by atoms with Gasteiger partial charge in [-0.05, 0) is 122 Å². The highest BCUT2D eigenvalue weighted by atomic mass is 79.9. The van der Waals surface area contributed by atoms with Crippen LogP contribution in [0.5, 0.6) is 0 Å². The summed E-state index contributed by atoms with van der Waals surface area (Å²) in [5.41, 5.74) is 14.7. The van der Waals surface area contributed by atoms with E-state index >= 15 is 0 Å². The number of allylic oxidation sites excluding steroid dienone is 1. The number of rotatable bonds is 6. The number of Topliss-reactive ketones (excluding diaryl/α,β-unsaturated/α-hetero) is 1. The summed E-state index contributed by atoms with van der Waals surface area (Å²) >= 11 is 3.47. The van der Waals surface area contributed by atoms with E-state index in [1.807, 2.05) is 69.3 Å². The molecule has 0 radical (unpaired) electrons. The summed E-state index contributed by atoms with van der Waals surface area (Å²) in [6.07, 6.45) is 4.94. The molecule has 0 atom stereocenters. The third-order valence-electron chi connectivity index (χ3n) is 8.67. The molecule has 0 aliphatic heterocycles. The maximum atomic E-state index is 11.4. The second kappa shape index (κ2) is 15.3. The molecule has 0 heterocycles. The Labute approximate surface area is 277 Å². The highest BCUT2D eigenvalue weighted by Crippen LogP contribution is 2.38. The van der Waals surface area contributed by atoms with Crippen molar-refractivity contribution in [3.8, 4) is 0 Å². The summed E-state index contributed by atoms with van der Waals surface area (Å²) in [6, 6.07) is 24.6. The van der Waals surface area contributed by atoms with E-state index in [1.54, 1.807) is 7.11 Å². The second-order valence-electron chi connectivity index (χ2n) is 12.2. The molecule has 0 aromatic heterocycles. The number of hydrogen-bond acceptors (Lipinski definition) is 4. The van der Waals surface area contributed by atoms with Crippen molar-refractivity contribution in [2.75, 3.05) is 7.11 Å². The maximum absolute atomic E-state index is 11.4. The van der Waals surface area contributed by atoms with Crippen LogP contribution in [0, 0.1) is 27.7 Å². The Balaban J connectivity index is 0.000000159. The summed E-state index contributed by atoms with van der Waals surface area (Å²) in [6.45, 7) is 12.9. The van der Waals surface area contributed by atoms with Gasteiger partial charge in [0.05, 0.1) is 13.2 Å². The van der Waals surface area contributed by atoms with Crippen LogP contribution in [0.15, 0.2) is 83.3 Å². The molecule has 45 heavy (non-hydrogen) atoms. The number of aryl methyl sites for hydroxylation is 4. The Kier molecular flexibility index (Phi) is 11.7. The summed E-state index contributed by atoms with van der Waals surface area (Å²) in [5, 5.41) is 9.52. The van der Waals surface area contributed by atoms with Crippen LogP contribution in [0.25, 0.3) is 5.57 Å². The molecule has 0 bridgehead atoms. The van der Waals surface area contributed by atoms with Gasteiger partial charge in [-0.25, -0.2) is 0 Å². The fourth-order valence-corrected chi connectivity index (χ4v) is 6.25. The predicted molar refractivity (Wildman–Crippen MR) is 188 cm³/mol. The minimum atomic E-state index is -0.532. The Morgan fingerprint density at radius 3 is 1.96 bits per heavy atom. The molecule has 5 heteroatoms. The lowest BCUT2D eigenvalue weighted by Gasteiger charge is -2.23. The van der Waals surface area contributed by atoms with Crippen LogP contribution in [0.3, 0.4) is 0 Å². The molecule has 4 nitrogen and oxygen atoms in total. The molecule has 236 valence electrons. The zero-order valence-corrected chi connectivity index (χ0v) is 29.2. The van der Waals surface area contributed by atoms with Crippen molar-refractivity contribution >= 4 is 27.3 Å². The highest BCUT2D eigenvalue weighted by molar-refractivity contribution is 9.10. The van der Waals surface area contributed by atoms with Crippen LogP contribution in [0.1, 0.15) is 86.3 Å². The molecule has 0 saturated carbocycles. The highest BCUT2D eigenvalue weighted by Gasteiger charge is 2.23. The minimum Gasteiger partial charge on any atom is -0.392 e. The first kappa shape index (κ1) is 34.5. The molecule has 4 aromatic carbocycles. The fourth-order valence-electron chi connectivity index (χ4n) is 5.85. The fraction of sp³-hybridized carbons (Fsp3) is 0.325. The molecular weight excluding hydrogens is 624 g/mol. The van der Waals surface area contributed by atoms with Crippen LogP contribution < -0.4 is 0 Å². The molecule has 2 aliphatic carbocycles. The van der Waals surface area contributed by atoms with Crippen molar-refractivity contribution in [1.29, 1.82) is 0 Å². The first-order chi connectivity index (χ1) is 21.5. The van der Waals surface area contributed by atoms with Gasteiger partial charge in [0.2, 0.25) is 0 Å². The van der Waals surface area contributed by atoms with E-state index in [0.717, 1.165) is 45.1 Å². The molecule has 0 saturated heterocycles. The van der Waals surface area contributed by atoms with Crippen molar-refractivity contribution in [1.82, 2.24) is 0 Å². The topological polar surface area (TPSA) is 55.8 Å². The molecule has 2 aliphatic rings. The molecule has 6 rings (SSSR count). The summed E-state index contributed by atoms with van der Waals surface area (Å²) in [7, 11) is 1.64. The number of aliphatic hydroxyl groups is 1. The SMILES string of the molecule is COC(C)(C)OCc1ccccc1Br.Cc1ccc(C)c2c1CC=C2c1ccccc1CO.Cc1ccc(C)c2c1CCC2=O. The van der Waals surface area contributed by atoms with Crippen molar-refractivity contribution in [3.63, 3.8) is 0 Å². The third kappa shape index (κ3) is 8.28. The summed E-state index contributed by atoms with van der Waals surface area (Å²) in [4.78, 5) is 11.4. The molecule has 0 unspecified atom stereocenters. The van der Waals surface area contributed by atoms with Crippen molar-refractivity contribution in [2.45, 2.75) is 79.8 Å². The Hall–Kier alpha value is -3.35. The lowest BCUT2D eigenvalue weighted by Crippen LogP contribution is -2.26. The molecule has 0 fully saturated rings. The van der Waals surface area contributed by atoms with Gasteiger partial charge < -0.3 is 14.6 Å². The van der Waals surface area contributed by atoms with E-state index in [4.69, 9.17) is 9.47 Å². The lowest BCUT2D eigenvalue weighted by molar-refractivity contribution is -0.204. The first-order valence-corrected chi connectivity index (χ1v) is 16.3. The number of ketones is 1. The monoisotopic (exact) mass is 668 g/mol. The van der Waals surface area contributed by atoms with E-state index in [0.29, 0.717) is 18.8 Å². The molecular formula is C40H45BrO4. The standard InChI is InChI=1S/C18H18O.C11H15BrO2.C11H12O/c1-12-7-8-13(2)18-15(12)9-10-17(18)16-6-4-3-5-14(16)11-19;1-11(2,13-3)14-8-9-6-4-5-7-10(9)12;1-7-3-4-8(2)11-9(7)5-6-10(11)12/h3-8,10,19H,9,11H2,1-2H3;4-7H,8H2,1-3H3;3-4H,5-6H2,1-2H3. The number of carbonyl (C=O) groups is 1.